The van der Waals surface area contributed by atoms with E-state index in [0.29, 0.717) is 5.56 Å². The average molecular weight is 267 g/mol. The van der Waals surface area contributed by atoms with Crippen LogP contribution in [0.2, 0.25) is 0 Å². The van der Waals surface area contributed by atoms with Gasteiger partial charge in [0.1, 0.15) is 5.82 Å². The van der Waals surface area contributed by atoms with Crippen LogP contribution < -0.4 is 10.2 Å². The number of pyridine rings is 1. The van der Waals surface area contributed by atoms with Gasteiger partial charge in [-0.25, -0.2) is 4.98 Å². The van der Waals surface area contributed by atoms with Gasteiger partial charge in [-0.3, -0.25) is 4.79 Å². The zero-order valence-corrected chi connectivity index (χ0v) is 11.6. The number of nitrogens with zero attached hydrogens (tertiary/aromatic N) is 2. The van der Waals surface area contributed by atoms with E-state index in [1.807, 2.05) is 61.5 Å². The van der Waals surface area contributed by atoms with E-state index < -0.39 is 0 Å². The number of anilines is 1. The molecule has 0 aliphatic heterocycles. The molecule has 0 spiro atoms. The molecule has 2 aromatic rings. The maximum atomic E-state index is 11.9. The van der Waals surface area contributed by atoms with Crippen molar-refractivity contribution < 1.29 is 4.79 Å². The van der Waals surface area contributed by atoms with Gasteiger partial charge in [0.05, 0.1) is 5.56 Å². The number of hydrogen-bond donors (Lipinski definition) is 1. The summed E-state index contributed by atoms with van der Waals surface area (Å²) in [5, 5.41) is 2.72. The molecule has 2 rings (SSSR count). The molecule has 4 heteroatoms. The number of hydrogen-bond acceptors (Lipinski definition) is 3. The van der Waals surface area contributed by atoms with Crippen LogP contribution in [-0.2, 0) is 0 Å². The molecular weight excluding hydrogens is 250 g/mol. The molecule has 0 aliphatic carbocycles. The monoisotopic (exact) mass is 267 g/mol. The molecule has 0 aliphatic rings. The number of benzene rings is 1. The Balaban J connectivity index is 1.96. The van der Waals surface area contributed by atoms with E-state index in [-0.39, 0.29) is 5.91 Å². The van der Waals surface area contributed by atoms with Crippen molar-refractivity contribution in [3.05, 3.63) is 66.0 Å². The molecule has 4 nitrogen and oxygen atoms in total. The van der Waals surface area contributed by atoms with E-state index in [1.54, 1.807) is 18.5 Å². The van der Waals surface area contributed by atoms with E-state index in [1.165, 1.54) is 0 Å². The maximum absolute atomic E-state index is 11.9. The summed E-state index contributed by atoms with van der Waals surface area (Å²) in [6.07, 6.45) is 5.05. The molecule has 20 heavy (non-hydrogen) atoms. The highest BCUT2D eigenvalue weighted by Crippen LogP contribution is 2.07. The number of nitrogens with one attached hydrogen (secondary N) is 1. The SMILES string of the molecule is CN(C)c1ccc(C(=O)NC=Cc2ccccc2)cn1. The highest BCUT2D eigenvalue weighted by molar-refractivity contribution is 5.95. The Labute approximate surface area is 118 Å². The molecular formula is C16H17N3O. The normalized spacial score (nSPS) is 10.5. The Morgan fingerprint density at radius 1 is 1.15 bits per heavy atom. The molecule has 0 saturated carbocycles. The zero-order chi connectivity index (χ0) is 14.4. The van der Waals surface area contributed by atoms with E-state index in [2.05, 4.69) is 10.3 Å². The molecule has 0 fully saturated rings. The summed E-state index contributed by atoms with van der Waals surface area (Å²) in [5.41, 5.74) is 1.57. The minimum Gasteiger partial charge on any atom is -0.363 e. The first kappa shape index (κ1) is 13.8. The second kappa shape index (κ2) is 6.52. The number of aromatic nitrogens is 1. The molecule has 1 N–H and O–H groups in total. The summed E-state index contributed by atoms with van der Waals surface area (Å²) in [5.74, 6) is 0.649. The largest absolute Gasteiger partial charge is 0.363 e. The van der Waals surface area contributed by atoms with Crippen molar-refractivity contribution in [1.29, 1.82) is 0 Å². The Morgan fingerprint density at radius 3 is 2.50 bits per heavy atom. The molecule has 0 unspecified atom stereocenters. The van der Waals surface area contributed by atoms with Crippen LogP contribution in [0.3, 0.4) is 0 Å². The van der Waals surface area contributed by atoms with Crippen molar-refractivity contribution in [2.24, 2.45) is 0 Å². The second-order valence-corrected chi connectivity index (χ2v) is 4.52. The standard InChI is InChI=1S/C16H17N3O/c1-19(2)15-9-8-14(12-18-15)16(20)17-11-10-13-6-4-3-5-7-13/h3-12H,1-2H3,(H,17,20). The third-order valence-corrected chi connectivity index (χ3v) is 2.76. The average Bonchev–Trinajstić information content (AvgIpc) is 2.48. The van der Waals surface area contributed by atoms with Gasteiger partial charge in [-0.2, -0.15) is 0 Å². The predicted octanol–water partition coefficient (Wildman–Crippen LogP) is 2.55. The number of carbonyl (C=O) groups is 1. The molecule has 1 aromatic carbocycles. The molecule has 1 heterocycles. The minimum atomic E-state index is -0.171. The summed E-state index contributed by atoms with van der Waals surface area (Å²) < 4.78 is 0. The lowest BCUT2D eigenvalue weighted by Crippen LogP contribution is -2.18. The predicted molar refractivity (Wildman–Crippen MR) is 81.5 cm³/mol. The maximum Gasteiger partial charge on any atom is 0.256 e. The van der Waals surface area contributed by atoms with Crippen molar-refractivity contribution in [3.8, 4) is 0 Å². The van der Waals surface area contributed by atoms with Gasteiger partial charge in [0.25, 0.3) is 5.91 Å². The summed E-state index contributed by atoms with van der Waals surface area (Å²) in [6.45, 7) is 0. The topological polar surface area (TPSA) is 45.2 Å². The minimum absolute atomic E-state index is 0.171. The van der Waals surface area contributed by atoms with Gasteiger partial charge >= 0.3 is 0 Å². The number of rotatable bonds is 4. The Bertz CT molecular complexity index is 589. The van der Waals surface area contributed by atoms with Crippen molar-refractivity contribution in [1.82, 2.24) is 10.3 Å². The fraction of sp³-hybridized carbons (Fsp3) is 0.125. The fourth-order valence-electron chi connectivity index (χ4n) is 1.65. The highest BCUT2D eigenvalue weighted by atomic mass is 16.1. The van der Waals surface area contributed by atoms with Crippen LogP contribution in [0.4, 0.5) is 5.82 Å². The lowest BCUT2D eigenvalue weighted by Gasteiger charge is -2.10. The van der Waals surface area contributed by atoms with Crippen LogP contribution in [0, 0.1) is 0 Å². The third kappa shape index (κ3) is 3.68. The van der Waals surface area contributed by atoms with Crippen LogP contribution in [-0.4, -0.2) is 25.0 Å². The summed E-state index contributed by atoms with van der Waals surface area (Å²) in [4.78, 5) is 18.0. The summed E-state index contributed by atoms with van der Waals surface area (Å²) in [7, 11) is 3.81. The summed E-state index contributed by atoms with van der Waals surface area (Å²) in [6, 6.07) is 13.4. The fourth-order valence-corrected chi connectivity index (χ4v) is 1.65. The molecule has 0 saturated heterocycles. The molecule has 1 amide bonds. The van der Waals surface area contributed by atoms with Crippen LogP contribution >= 0.6 is 0 Å². The lowest BCUT2D eigenvalue weighted by molar-refractivity contribution is 0.0970. The zero-order valence-electron chi connectivity index (χ0n) is 11.6. The first-order chi connectivity index (χ1) is 9.66. The van der Waals surface area contributed by atoms with Gasteiger partial charge in [-0.05, 0) is 23.8 Å². The lowest BCUT2D eigenvalue weighted by atomic mass is 10.2. The van der Waals surface area contributed by atoms with Crippen molar-refractivity contribution in [2.75, 3.05) is 19.0 Å². The molecule has 0 radical (unpaired) electrons. The first-order valence-corrected chi connectivity index (χ1v) is 6.32. The Hall–Kier alpha value is -2.62. The second-order valence-electron chi connectivity index (χ2n) is 4.52. The molecule has 1 aromatic heterocycles. The Kier molecular flexibility index (Phi) is 4.50. The van der Waals surface area contributed by atoms with Crippen LogP contribution in [0.25, 0.3) is 6.08 Å². The van der Waals surface area contributed by atoms with Crippen molar-refractivity contribution >= 4 is 17.8 Å². The van der Waals surface area contributed by atoms with E-state index >= 15 is 0 Å². The third-order valence-electron chi connectivity index (χ3n) is 2.76. The van der Waals surface area contributed by atoms with Gasteiger partial charge in [-0.1, -0.05) is 30.3 Å². The van der Waals surface area contributed by atoms with E-state index in [4.69, 9.17) is 0 Å². The van der Waals surface area contributed by atoms with Gasteiger partial charge in [0.2, 0.25) is 0 Å². The van der Waals surface area contributed by atoms with Gasteiger partial charge in [0.15, 0.2) is 0 Å². The number of carbonyl (C=O) groups excluding carboxylic acids is 1. The smallest absolute Gasteiger partial charge is 0.256 e. The van der Waals surface area contributed by atoms with Gasteiger partial charge < -0.3 is 10.2 Å². The van der Waals surface area contributed by atoms with Crippen molar-refractivity contribution in [3.63, 3.8) is 0 Å². The summed E-state index contributed by atoms with van der Waals surface area (Å²) >= 11 is 0. The van der Waals surface area contributed by atoms with Crippen molar-refractivity contribution in [2.45, 2.75) is 0 Å². The van der Waals surface area contributed by atoms with E-state index in [9.17, 15) is 4.79 Å². The van der Waals surface area contributed by atoms with Crippen LogP contribution in [0.1, 0.15) is 15.9 Å². The quantitative estimate of drug-likeness (QED) is 0.926. The van der Waals surface area contributed by atoms with Crippen LogP contribution in [0.5, 0.6) is 0 Å². The molecule has 0 bridgehead atoms. The van der Waals surface area contributed by atoms with E-state index in [0.717, 1.165) is 11.4 Å². The van der Waals surface area contributed by atoms with Gasteiger partial charge in [0, 0.05) is 26.5 Å². The first-order valence-electron chi connectivity index (χ1n) is 6.32. The van der Waals surface area contributed by atoms with Gasteiger partial charge in [-0.15, -0.1) is 0 Å². The number of amides is 1. The highest BCUT2D eigenvalue weighted by Gasteiger charge is 2.04. The van der Waals surface area contributed by atoms with Crippen LogP contribution in [0.15, 0.2) is 54.9 Å². The Morgan fingerprint density at radius 2 is 1.90 bits per heavy atom. The molecule has 102 valence electrons. The molecule has 0 atom stereocenters.